The van der Waals surface area contributed by atoms with Gasteiger partial charge in [-0.1, -0.05) is 68.4 Å². The van der Waals surface area contributed by atoms with Crippen molar-refractivity contribution < 1.29 is 0 Å². The molecule has 0 N–H and O–H groups in total. The zero-order valence-electron chi connectivity index (χ0n) is 15.7. The summed E-state index contributed by atoms with van der Waals surface area (Å²) in [6.07, 6.45) is 6.96. The molecule has 128 valence electrons. The zero-order valence-corrected chi connectivity index (χ0v) is 16.7. The second-order valence-electron chi connectivity index (χ2n) is 8.28. The highest BCUT2D eigenvalue weighted by atomic mass is 28.3. The molecular weight excluding hydrogens is 306 g/mol. The summed E-state index contributed by atoms with van der Waals surface area (Å²) in [5, 5.41) is 1.52. The van der Waals surface area contributed by atoms with Crippen molar-refractivity contribution in [3.63, 3.8) is 0 Å². The molecule has 1 aliphatic rings. The maximum atomic E-state index is 2.40. The van der Waals surface area contributed by atoms with Gasteiger partial charge in [0, 0.05) is 18.4 Å². The van der Waals surface area contributed by atoms with Crippen LogP contribution in [-0.4, -0.2) is 15.1 Å². The normalized spacial score (nSPS) is 16.2. The summed E-state index contributed by atoms with van der Waals surface area (Å²) in [7, 11) is 0.950. The molecule has 0 aliphatic heterocycles. The molecule has 0 atom stereocenters. The van der Waals surface area contributed by atoms with Gasteiger partial charge in [-0.15, -0.1) is 0 Å². The van der Waals surface area contributed by atoms with Gasteiger partial charge in [0.1, 0.15) is 0 Å². The van der Waals surface area contributed by atoms with E-state index in [0.717, 1.165) is 5.92 Å². The molecule has 1 fully saturated rings. The highest BCUT2D eigenvalue weighted by Gasteiger charge is 2.17. The molecule has 1 aliphatic carbocycles. The third kappa shape index (κ3) is 3.92. The van der Waals surface area contributed by atoms with Crippen LogP contribution in [0.25, 0.3) is 0 Å². The van der Waals surface area contributed by atoms with E-state index >= 15 is 0 Å². The molecule has 24 heavy (non-hydrogen) atoms. The fourth-order valence-corrected chi connectivity index (χ4v) is 4.91. The highest BCUT2D eigenvalue weighted by molar-refractivity contribution is 6.88. The molecule has 0 radical (unpaired) electrons. The lowest BCUT2D eigenvalue weighted by Gasteiger charge is -2.24. The van der Waals surface area contributed by atoms with Gasteiger partial charge in [0.2, 0.25) is 0 Å². The second kappa shape index (κ2) is 7.14. The summed E-state index contributed by atoms with van der Waals surface area (Å²) >= 11 is 0. The molecule has 1 nitrogen and oxygen atoms in total. The Bertz CT molecular complexity index is 646. The fraction of sp³-hybridized carbons (Fsp3) is 0.455. The van der Waals surface area contributed by atoms with E-state index in [1.54, 1.807) is 0 Å². The molecule has 2 aromatic rings. The SMILES string of the molecule is CN(c1ccc(C2CCCCC2)cc1)c1ccc([Si](C)(C)C)cc1. The maximum Gasteiger partial charge on any atom is 0.0775 e. The van der Waals surface area contributed by atoms with Crippen molar-refractivity contribution in [2.75, 3.05) is 11.9 Å². The Hall–Kier alpha value is -1.54. The summed E-state index contributed by atoms with van der Waals surface area (Å²) in [6.45, 7) is 7.20. The minimum absolute atomic E-state index is 0.786. The molecule has 0 bridgehead atoms. The first kappa shape index (κ1) is 17.3. The lowest BCUT2D eigenvalue weighted by Crippen LogP contribution is -2.37. The fourth-order valence-electron chi connectivity index (χ4n) is 3.74. The highest BCUT2D eigenvalue weighted by Crippen LogP contribution is 2.34. The lowest BCUT2D eigenvalue weighted by atomic mass is 9.84. The van der Waals surface area contributed by atoms with Gasteiger partial charge in [-0.25, -0.2) is 0 Å². The Kier molecular flexibility index (Phi) is 5.14. The summed E-state index contributed by atoms with van der Waals surface area (Å²) < 4.78 is 0. The third-order valence-electron chi connectivity index (χ3n) is 5.48. The van der Waals surface area contributed by atoms with Crippen LogP contribution in [0.5, 0.6) is 0 Å². The van der Waals surface area contributed by atoms with Gasteiger partial charge in [0.25, 0.3) is 0 Å². The van der Waals surface area contributed by atoms with Crippen LogP contribution in [0.1, 0.15) is 43.6 Å². The van der Waals surface area contributed by atoms with Crippen LogP contribution in [0, 0.1) is 0 Å². The molecule has 0 aromatic heterocycles. The Morgan fingerprint density at radius 1 is 0.750 bits per heavy atom. The molecule has 2 heteroatoms. The van der Waals surface area contributed by atoms with E-state index in [1.807, 2.05) is 0 Å². The van der Waals surface area contributed by atoms with Crippen molar-refractivity contribution in [2.24, 2.45) is 0 Å². The summed E-state index contributed by atoms with van der Waals surface area (Å²) in [4.78, 5) is 2.29. The molecule has 3 rings (SSSR count). The van der Waals surface area contributed by atoms with Crippen molar-refractivity contribution >= 4 is 24.6 Å². The second-order valence-corrected chi connectivity index (χ2v) is 13.4. The van der Waals surface area contributed by atoms with Gasteiger partial charge in [-0.2, -0.15) is 0 Å². The largest absolute Gasteiger partial charge is 0.345 e. The predicted molar refractivity (Wildman–Crippen MR) is 110 cm³/mol. The van der Waals surface area contributed by atoms with Crippen LogP contribution in [-0.2, 0) is 0 Å². The van der Waals surface area contributed by atoms with E-state index < -0.39 is 8.07 Å². The third-order valence-corrected chi connectivity index (χ3v) is 7.54. The van der Waals surface area contributed by atoms with E-state index in [4.69, 9.17) is 0 Å². The van der Waals surface area contributed by atoms with Gasteiger partial charge in [-0.3, -0.25) is 0 Å². The topological polar surface area (TPSA) is 3.24 Å². The van der Waals surface area contributed by atoms with Gasteiger partial charge >= 0.3 is 0 Å². The van der Waals surface area contributed by atoms with Crippen molar-refractivity contribution in [3.8, 4) is 0 Å². The first-order valence-corrected chi connectivity index (χ1v) is 12.9. The molecule has 2 aromatic carbocycles. The van der Waals surface area contributed by atoms with Crippen LogP contribution in [0.3, 0.4) is 0 Å². The van der Waals surface area contributed by atoms with Crippen LogP contribution in [0.4, 0.5) is 11.4 Å². The number of anilines is 2. The summed E-state index contributed by atoms with van der Waals surface area (Å²) in [5.74, 6) is 0.786. The van der Waals surface area contributed by atoms with Gasteiger partial charge in [0.05, 0.1) is 8.07 Å². The number of hydrogen-bond acceptors (Lipinski definition) is 1. The average Bonchev–Trinajstić information content (AvgIpc) is 2.61. The smallest absolute Gasteiger partial charge is 0.0775 e. The van der Waals surface area contributed by atoms with Crippen molar-refractivity contribution in [1.82, 2.24) is 0 Å². The average molecular weight is 338 g/mol. The number of hydrogen-bond donors (Lipinski definition) is 0. The zero-order chi connectivity index (χ0) is 17.2. The van der Waals surface area contributed by atoms with Gasteiger partial charge in [0.15, 0.2) is 0 Å². The van der Waals surface area contributed by atoms with Gasteiger partial charge < -0.3 is 4.90 Å². The van der Waals surface area contributed by atoms with Crippen LogP contribution in [0.2, 0.25) is 19.6 Å². The molecule has 1 saturated carbocycles. The molecule has 0 heterocycles. The molecule has 0 spiro atoms. The van der Waals surface area contributed by atoms with Crippen LogP contribution in [0.15, 0.2) is 48.5 Å². The Morgan fingerprint density at radius 2 is 1.25 bits per heavy atom. The number of rotatable bonds is 4. The van der Waals surface area contributed by atoms with Crippen molar-refractivity contribution in [1.29, 1.82) is 0 Å². The molecule has 0 saturated heterocycles. The molecule has 0 unspecified atom stereocenters. The first-order chi connectivity index (χ1) is 11.4. The van der Waals surface area contributed by atoms with Gasteiger partial charge in [-0.05, 0) is 48.6 Å². The standard InChI is InChI=1S/C22H31NSi/c1-23(21-14-16-22(17-15-21)24(2,3)4)20-12-10-19(11-13-20)18-8-6-5-7-9-18/h10-18H,5-9H2,1-4H3. The number of benzene rings is 2. The minimum Gasteiger partial charge on any atom is -0.345 e. The lowest BCUT2D eigenvalue weighted by molar-refractivity contribution is 0.443. The summed E-state index contributed by atoms with van der Waals surface area (Å²) in [6, 6.07) is 18.4. The molecular formula is C22H31NSi. The van der Waals surface area contributed by atoms with E-state index in [2.05, 4.69) is 80.1 Å². The first-order valence-electron chi connectivity index (χ1n) is 9.39. The Balaban J connectivity index is 1.73. The van der Waals surface area contributed by atoms with Crippen molar-refractivity contribution in [2.45, 2.75) is 57.7 Å². The molecule has 0 amide bonds. The van der Waals surface area contributed by atoms with E-state index in [9.17, 15) is 0 Å². The number of nitrogens with zero attached hydrogens (tertiary/aromatic N) is 1. The minimum atomic E-state index is -1.22. The van der Waals surface area contributed by atoms with E-state index in [1.165, 1.54) is 54.2 Å². The predicted octanol–water partition coefficient (Wildman–Crippen LogP) is 6.05. The Labute approximate surface area is 148 Å². The monoisotopic (exact) mass is 337 g/mol. The van der Waals surface area contributed by atoms with Crippen LogP contribution < -0.4 is 10.1 Å². The van der Waals surface area contributed by atoms with E-state index in [0.29, 0.717) is 0 Å². The quantitative estimate of drug-likeness (QED) is 0.614. The van der Waals surface area contributed by atoms with E-state index in [-0.39, 0.29) is 0 Å². The van der Waals surface area contributed by atoms with Crippen LogP contribution >= 0.6 is 0 Å². The summed E-state index contributed by atoms with van der Waals surface area (Å²) in [5.41, 5.74) is 4.07. The van der Waals surface area contributed by atoms with Crippen molar-refractivity contribution in [3.05, 3.63) is 54.1 Å². The Morgan fingerprint density at radius 3 is 1.75 bits per heavy atom. The maximum absolute atomic E-state index is 2.40.